The molecule has 0 bridgehead atoms. The monoisotopic (exact) mass is 495 g/mol. The summed E-state index contributed by atoms with van der Waals surface area (Å²) in [7, 11) is 1.61. The lowest BCUT2D eigenvalue weighted by Gasteiger charge is -2.32. The molecule has 1 heterocycles. The number of aromatic nitrogens is 1. The maximum atomic E-state index is 13.1. The van der Waals surface area contributed by atoms with Gasteiger partial charge in [0.25, 0.3) is 0 Å². The molecule has 3 N–H and O–H groups in total. The summed E-state index contributed by atoms with van der Waals surface area (Å²) in [5.41, 5.74) is 2.39. The van der Waals surface area contributed by atoms with Crippen LogP contribution in [0.15, 0.2) is 54.7 Å². The van der Waals surface area contributed by atoms with Gasteiger partial charge in [-0.15, -0.1) is 0 Å². The van der Waals surface area contributed by atoms with E-state index in [1.54, 1.807) is 12.0 Å². The lowest BCUT2D eigenvalue weighted by molar-refractivity contribution is -0.137. The molecule has 2 unspecified atom stereocenters. The number of carbonyl (C=O) groups is 2. The normalized spacial score (nSPS) is 13.2. The maximum absolute atomic E-state index is 13.1. The number of fused-ring (bicyclic) bond motifs is 1. The van der Waals surface area contributed by atoms with Crippen LogP contribution in [0.25, 0.3) is 10.9 Å². The highest BCUT2D eigenvalue weighted by molar-refractivity contribution is 5.83. The lowest BCUT2D eigenvalue weighted by atomic mass is 10.0. The molecule has 1 amide bonds. The molecule has 3 rings (SSSR count). The number of nitrogens with zero attached hydrogens (tertiary/aromatic N) is 1. The largest absolute Gasteiger partial charge is 0.497 e. The summed E-state index contributed by atoms with van der Waals surface area (Å²) >= 11 is 0. The van der Waals surface area contributed by atoms with E-state index in [9.17, 15) is 14.7 Å². The first-order valence-electron chi connectivity index (χ1n) is 12.2. The molecule has 0 saturated carbocycles. The van der Waals surface area contributed by atoms with Crippen molar-refractivity contribution >= 4 is 23.0 Å². The van der Waals surface area contributed by atoms with E-state index in [-0.39, 0.29) is 18.5 Å². The highest BCUT2D eigenvalue weighted by Crippen LogP contribution is 2.25. The zero-order chi connectivity index (χ0) is 26.3. The van der Waals surface area contributed by atoms with Crippen molar-refractivity contribution < 1.29 is 24.2 Å². The number of nitrogens with one attached hydrogen (secondary N) is 2. The maximum Gasteiger partial charge on any atom is 0.410 e. The van der Waals surface area contributed by atoms with E-state index < -0.39 is 17.7 Å². The van der Waals surface area contributed by atoms with E-state index in [2.05, 4.69) is 10.3 Å². The Labute approximate surface area is 212 Å². The molecule has 0 fully saturated rings. The molecule has 0 aliphatic carbocycles. The molecule has 0 spiro atoms. The quantitative estimate of drug-likeness (QED) is 0.340. The molecule has 0 aliphatic rings. The third kappa shape index (κ3) is 7.49. The van der Waals surface area contributed by atoms with E-state index in [0.717, 1.165) is 27.8 Å². The number of aromatic amines is 1. The molecular formula is C28H37N3O5. The van der Waals surface area contributed by atoms with Crippen molar-refractivity contribution in [3.63, 3.8) is 0 Å². The SMILES string of the molecule is COc1ccc(C(C)N(CCNC(CC(=O)O)Cc2c[nH]c3ccccc23)C(=O)OC(C)(C)C)cc1. The molecule has 0 radical (unpaired) electrons. The van der Waals surface area contributed by atoms with Gasteiger partial charge in [-0.2, -0.15) is 0 Å². The van der Waals surface area contributed by atoms with Gasteiger partial charge in [-0.25, -0.2) is 4.79 Å². The highest BCUT2D eigenvalue weighted by atomic mass is 16.6. The molecule has 1 aromatic heterocycles. The minimum atomic E-state index is -0.872. The zero-order valence-electron chi connectivity index (χ0n) is 21.7. The second-order valence-corrected chi connectivity index (χ2v) is 9.94. The van der Waals surface area contributed by atoms with Crippen LogP contribution in [-0.4, -0.2) is 58.9 Å². The number of para-hydroxylation sites is 1. The van der Waals surface area contributed by atoms with Crippen LogP contribution < -0.4 is 10.1 Å². The summed E-state index contributed by atoms with van der Waals surface area (Å²) < 4.78 is 10.9. The van der Waals surface area contributed by atoms with Crippen LogP contribution in [0.2, 0.25) is 0 Å². The predicted molar refractivity (Wildman–Crippen MR) is 140 cm³/mol. The van der Waals surface area contributed by atoms with Crippen molar-refractivity contribution in [1.29, 1.82) is 0 Å². The van der Waals surface area contributed by atoms with Gasteiger partial charge >= 0.3 is 12.1 Å². The summed E-state index contributed by atoms with van der Waals surface area (Å²) in [5, 5.41) is 13.9. The van der Waals surface area contributed by atoms with Crippen molar-refractivity contribution in [2.24, 2.45) is 0 Å². The molecule has 2 aromatic carbocycles. The number of rotatable bonds is 11. The highest BCUT2D eigenvalue weighted by Gasteiger charge is 2.27. The first kappa shape index (κ1) is 27.1. The number of benzene rings is 2. The molecule has 36 heavy (non-hydrogen) atoms. The average molecular weight is 496 g/mol. The van der Waals surface area contributed by atoms with E-state index in [1.807, 2.05) is 82.4 Å². The fourth-order valence-electron chi connectivity index (χ4n) is 4.21. The van der Waals surface area contributed by atoms with Crippen LogP contribution in [0.4, 0.5) is 4.79 Å². The number of aliphatic carboxylic acids is 1. The molecule has 3 aromatic rings. The molecule has 8 heteroatoms. The number of carbonyl (C=O) groups excluding carboxylic acids is 1. The number of hydrogen-bond donors (Lipinski definition) is 3. The smallest absolute Gasteiger partial charge is 0.410 e. The van der Waals surface area contributed by atoms with E-state index >= 15 is 0 Å². The van der Waals surface area contributed by atoms with Crippen LogP contribution in [0, 0.1) is 0 Å². The van der Waals surface area contributed by atoms with Gasteiger partial charge in [0.15, 0.2) is 0 Å². The topological polar surface area (TPSA) is 104 Å². The van der Waals surface area contributed by atoms with Crippen LogP contribution in [-0.2, 0) is 16.0 Å². The summed E-state index contributed by atoms with van der Waals surface area (Å²) in [4.78, 5) is 29.6. The number of methoxy groups -OCH3 is 1. The van der Waals surface area contributed by atoms with Gasteiger partial charge in [-0.3, -0.25) is 4.79 Å². The number of ether oxygens (including phenoxy) is 2. The first-order chi connectivity index (χ1) is 17.1. The molecule has 8 nitrogen and oxygen atoms in total. The summed E-state index contributed by atoms with van der Waals surface area (Å²) in [6, 6.07) is 15.0. The van der Waals surface area contributed by atoms with Crippen LogP contribution in [0.3, 0.4) is 0 Å². The second kappa shape index (κ2) is 11.9. The Hall–Kier alpha value is -3.52. The Morgan fingerprint density at radius 2 is 1.81 bits per heavy atom. The Morgan fingerprint density at radius 1 is 1.11 bits per heavy atom. The van der Waals surface area contributed by atoms with Crippen molar-refractivity contribution in [1.82, 2.24) is 15.2 Å². The number of H-pyrrole nitrogens is 1. The summed E-state index contributed by atoms with van der Waals surface area (Å²) in [5.74, 6) is -0.131. The van der Waals surface area contributed by atoms with Gasteiger partial charge in [-0.1, -0.05) is 30.3 Å². The van der Waals surface area contributed by atoms with Crippen molar-refractivity contribution in [2.75, 3.05) is 20.2 Å². The summed E-state index contributed by atoms with van der Waals surface area (Å²) in [6.45, 7) is 8.23. The Morgan fingerprint density at radius 3 is 2.44 bits per heavy atom. The standard InChI is InChI=1S/C28H37N3O5/c1-19(20-10-12-23(35-5)13-11-20)31(27(34)36-28(2,3)4)15-14-29-22(17-26(32)33)16-21-18-30-25-9-7-6-8-24(21)25/h6-13,18-19,22,29-30H,14-17H2,1-5H3,(H,32,33). The van der Waals surface area contributed by atoms with Gasteiger partial charge in [0, 0.05) is 36.2 Å². The number of carboxylic acid groups (broad SMARTS) is 1. The fourth-order valence-corrected chi connectivity index (χ4v) is 4.21. The lowest BCUT2D eigenvalue weighted by Crippen LogP contribution is -2.44. The minimum Gasteiger partial charge on any atom is -0.497 e. The molecule has 2 atom stereocenters. The van der Waals surface area contributed by atoms with Crippen LogP contribution in [0.1, 0.15) is 51.3 Å². The molecular weight excluding hydrogens is 458 g/mol. The van der Waals surface area contributed by atoms with Gasteiger partial charge < -0.3 is 29.8 Å². The average Bonchev–Trinajstić information content (AvgIpc) is 3.22. The van der Waals surface area contributed by atoms with E-state index in [1.165, 1.54) is 0 Å². The van der Waals surface area contributed by atoms with Crippen LogP contribution >= 0.6 is 0 Å². The molecule has 0 aliphatic heterocycles. The van der Waals surface area contributed by atoms with Gasteiger partial charge in [0.1, 0.15) is 11.4 Å². The van der Waals surface area contributed by atoms with Crippen molar-refractivity contribution in [3.05, 3.63) is 65.9 Å². The number of carboxylic acids is 1. The predicted octanol–water partition coefficient (Wildman–Crippen LogP) is 5.15. The van der Waals surface area contributed by atoms with Gasteiger partial charge in [0.05, 0.1) is 19.6 Å². The zero-order valence-corrected chi connectivity index (χ0v) is 21.7. The number of hydrogen-bond acceptors (Lipinski definition) is 5. The van der Waals surface area contributed by atoms with E-state index in [4.69, 9.17) is 9.47 Å². The first-order valence-corrected chi connectivity index (χ1v) is 12.2. The summed E-state index contributed by atoms with van der Waals surface area (Å²) in [6.07, 6.45) is 2.04. The van der Waals surface area contributed by atoms with Gasteiger partial charge in [0.2, 0.25) is 0 Å². The Balaban J connectivity index is 1.72. The minimum absolute atomic E-state index is 0.0278. The molecule has 194 valence electrons. The Kier molecular flexibility index (Phi) is 8.98. The fraction of sp³-hybridized carbons (Fsp3) is 0.429. The number of amides is 1. The molecule has 0 saturated heterocycles. The van der Waals surface area contributed by atoms with Crippen LogP contribution in [0.5, 0.6) is 5.75 Å². The van der Waals surface area contributed by atoms with Crippen molar-refractivity contribution in [2.45, 2.75) is 58.2 Å². The second-order valence-electron chi connectivity index (χ2n) is 9.94. The van der Waals surface area contributed by atoms with Crippen molar-refractivity contribution in [3.8, 4) is 5.75 Å². The van der Waals surface area contributed by atoms with E-state index in [0.29, 0.717) is 19.5 Å². The van der Waals surface area contributed by atoms with Gasteiger partial charge in [-0.05, 0) is 63.4 Å². The third-order valence-electron chi connectivity index (χ3n) is 6.04. The Bertz CT molecular complexity index is 1150. The third-order valence-corrected chi connectivity index (χ3v) is 6.04.